The Morgan fingerprint density at radius 1 is 0.450 bits per heavy atom. The monoisotopic (exact) mass is 406 g/mol. The van der Waals surface area contributed by atoms with Gasteiger partial charge < -0.3 is 0 Å². The summed E-state index contributed by atoms with van der Waals surface area (Å²) in [6, 6.07) is 7.89. The maximum atomic E-state index is 6.55. The summed E-state index contributed by atoms with van der Waals surface area (Å²) >= 11 is 19.6. The van der Waals surface area contributed by atoms with E-state index >= 15 is 0 Å². The Bertz CT molecular complexity index is 244. The lowest BCUT2D eigenvalue weighted by Gasteiger charge is -2.33. The second-order valence-electron chi connectivity index (χ2n) is 8.47. The topological polar surface area (TPSA) is 0 Å². The maximum absolute atomic E-state index is 6.55. The van der Waals surface area contributed by atoms with Gasteiger partial charge in [-0.05, 0) is 18.1 Å². The quantitative estimate of drug-likeness (QED) is 0.276. The van der Waals surface area contributed by atoms with E-state index in [1.807, 2.05) is 0 Å². The van der Waals surface area contributed by atoms with Crippen LogP contribution in [0.15, 0.2) is 0 Å². The van der Waals surface area contributed by atoms with Gasteiger partial charge in [-0.2, -0.15) is 33.2 Å². The molecule has 0 N–H and O–H groups in total. The van der Waals surface area contributed by atoms with Gasteiger partial charge in [0.1, 0.15) is 22.2 Å². The van der Waals surface area contributed by atoms with Crippen LogP contribution in [-0.4, -0.2) is 30.2 Å². The van der Waals surface area contributed by atoms with E-state index in [0.717, 1.165) is 0 Å². The minimum absolute atomic E-state index is 1.23. The van der Waals surface area contributed by atoms with E-state index in [1.165, 1.54) is 36.3 Å². The third-order valence-corrected chi connectivity index (χ3v) is 15.9. The van der Waals surface area contributed by atoms with Crippen LogP contribution >= 0.6 is 33.2 Å². The molecule has 0 bridgehead atoms. The Morgan fingerprint density at radius 3 is 0.800 bits per heavy atom. The Balaban J connectivity index is 4.66. The molecule has 0 aliphatic heterocycles. The van der Waals surface area contributed by atoms with Crippen molar-refractivity contribution in [2.24, 2.45) is 0 Å². The molecule has 0 spiro atoms. The lowest BCUT2D eigenvalue weighted by molar-refractivity contribution is 1.13. The van der Waals surface area contributed by atoms with Gasteiger partial charge in [0.25, 0.3) is 0 Å². The van der Waals surface area contributed by atoms with E-state index in [-0.39, 0.29) is 0 Å². The van der Waals surface area contributed by atoms with Crippen LogP contribution in [0.25, 0.3) is 0 Å². The molecule has 122 valence electrons. The summed E-state index contributed by atoms with van der Waals surface area (Å²) in [7, 11) is -5.59. The molecule has 0 nitrogen and oxygen atoms in total. The molecular formula is C13H33Cl3Si4. The van der Waals surface area contributed by atoms with E-state index in [2.05, 4.69) is 45.8 Å². The van der Waals surface area contributed by atoms with Crippen molar-refractivity contribution in [3.05, 3.63) is 0 Å². The number of hydrogen-bond acceptors (Lipinski definition) is 0. The van der Waals surface area contributed by atoms with Gasteiger partial charge in [0.15, 0.2) is 0 Å². The van der Waals surface area contributed by atoms with Crippen LogP contribution in [-0.2, 0) is 0 Å². The molecule has 0 saturated carbocycles. The highest BCUT2D eigenvalue weighted by molar-refractivity contribution is 7.20. The largest absolute Gasteiger partial charge is 0.168 e. The zero-order chi connectivity index (χ0) is 16.2. The van der Waals surface area contributed by atoms with Crippen molar-refractivity contribution in [1.82, 2.24) is 0 Å². The summed E-state index contributed by atoms with van der Waals surface area (Å²) in [5.41, 5.74) is 0. The van der Waals surface area contributed by atoms with Gasteiger partial charge >= 0.3 is 0 Å². The second-order valence-corrected chi connectivity index (χ2v) is 34.6. The van der Waals surface area contributed by atoms with Crippen molar-refractivity contribution < 1.29 is 0 Å². The first kappa shape index (κ1) is 21.7. The Hall–Kier alpha value is 1.74. The fourth-order valence-corrected chi connectivity index (χ4v) is 19.8. The van der Waals surface area contributed by atoms with Gasteiger partial charge in [0, 0.05) is 8.07 Å². The zero-order valence-electron chi connectivity index (χ0n) is 14.4. The molecule has 0 saturated heterocycles. The summed E-state index contributed by atoms with van der Waals surface area (Å²) in [5, 5.41) is 0. The molecule has 0 atom stereocenters. The molecule has 7 heteroatoms. The van der Waals surface area contributed by atoms with E-state index in [4.69, 9.17) is 33.2 Å². The molecule has 0 radical (unpaired) electrons. The molecule has 0 aromatic heterocycles. The number of halogens is 3. The lowest BCUT2D eigenvalue weighted by atomic mass is 10.9. The van der Waals surface area contributed by atoms with Crippen LogP contribution in [0.1, 0.15) is 0 Å². The first-order chi connectivity index (χ1) is 8.62. The first-order valence-corrected chi connectivity index (χ1v) is 23.5. The molecule has 0 aromatic carbocycles. The van der Waals surface area contributed by atoms with Gasteiger partial charge in [-0.1, -0.05) is 64.0 Å². The molecule has 0 rings (SSSR count). The van der Waals surface area contributed by atoms with E-state index in [0.29, 0.717) is 0 Å². The van der Waals surface area contributed by atoms with Crippen molar-refractivity contribution >= 4 is 63.5 Å². The van der Waals surface area contributed by atoms with E-state index in [1.54, 1.807) is 0 Å². The third kappa shape index (κ3) is 13.4. The van der Waals surface area contributed by atoms with Gasteiger partial charge in [0.2, 0.25) is 0 Å². The molecule has 0 aliphatic rings. The average Bonchev–Trinajstić information content (AvgIpc) is 2.18. The predicted octanol–water partition coefficient (Wildman–Crippen LogP) is 7.40. The number of rotatable bonds is 9. The van der Waals surface area contributed by atoms with Gasteiger partial charge in [-0.15, -0.1) is 0 Å². The minimum atomic E-state index is -1.45. The van der Waals surface area contributed by atoms with Crippen molar-refractivity contribution in [2.75, 3.05) is 0 Å². The highest BCUT2D eigenvalue weighted by atomic mass is 35.6. The average molecular weight is 408 g/mol. The first-order valence-electron chi connectivity index (χ1n) is 7.69. The lowest BCUT2D eigenvalue weighted by Crippen LogP contribution is -2.36. The molecular weight excluding hydrogens is 375 g/mol. The molecule has 0 aliphatic carbocycles. The Kier molecular flexibility index (Phi) is 8.72. The maximum Gasteiger partial charge on any atom is 0.150 e. The molecule has 20 heavy (non-hydrogen) atoms. The normalized spacial score (nSPS) is 14.7. The van der Waals surface area contributed by atoms with Crippen LogP contribution in [0.5, 0.6) is 0 Å². The van der Waals surface area contributed by atoms with Gasteiger partial charge in [0.05, 0.1) is 0 Å². The van der Waals surface area contributed by atoms with Gasteiger partial charge in [-0.3, -0.25) is 0 Å². The number of hydrogen-bond donors (Lipinski definition) is 0. The zero-order valence-corrected chi connectivity index (χ0v) is 20.6. The van der Waals surface area contributed by atoms with Crippen LogP contribution in [0.3, 0.4) is 0 Å². The summed E-state index contributed by atoms with van der Waals surface area (Å²) in [4.78, 5) is 0. The van der Waals surface area contributed by atoms with Crippen molar-refractivity contribution in [2.45, 2.75) is 82.1 Å². The smallest absolute Gasteiger partial charge is 0.150 e. The molecule has 0 unspecified atom stereocenters. The fraction of sp³-hybridized carbons (Fsp3) is 1.00. The van der Waals surface area contributed by atoms with Crippen LogP contribution < -0.4 is 0 Å². The third-order valence-electron chi connectivity index (χ3n) is 3.97. The molecule has 0 aromatic rings. The Morgan fingerprint density at radius 2 is 0.650 bits per heavy atom. The van der Waals surface area contributed by atoms with E-state index < -0.39 is 30.2 Å². The summed E-state index contributed by atoms with van der Waals surface area (Å²) < 4.78 is 0. The SMILES string of the molecule is C[Si](C)(Cl)CC[Si](C)(CC[Si](C)(C)Cl)CC[Si](C)(C)Cl. The second kappa shape index (κ2) is 8.02. The van der Waals surface area contributed by atoms with E-state index in [9.17, 15) is 0 Å². The molecule has 0 amide bonds. The summed E-state index contributed by atoms with van der Waals surface area (Å²) in [5.74, 6) is 0. The predicted molar refractivity (Wildman–Crippen MR) is 110 cm³/mol. The van der Waals surface area contributed by atoms with Crippen LogP contribution in [0, 0.1) is 0 Å². The summed E-state index contributed by atoms with van der Waals surface area (Å²) in [6.45, 7) is 16.2. The van der Waals surface area contributed by atoms with Crippen molar-refractivity contribution in [3.8, 4) is 0 Å². The molecule has 0 fully saturated rings. The standard InChI is InChI=1S/C13H33Cl3Si4/c1-17(2,14)8-11-20(7,12-9-18(3,4)15)13-10-19(5,6)16/h8-13H2,1-7H3. The Labute approximate surface area is 145 Å². The van der Waals surface area contributed by atoms with Crippen molar-refractivity contribution in [1.29, 1.82) is 0 Å². The van der Waals surface area contributed by atoms with Crippen molar-refractivity contribution in [3.63, 3.8) is 0 Å². The molecule has 0 heterocycles. The fourth-order valence-electron chi connectivity index (χ4n) is 2.17. The minimum Gasteiger partial charge on any atom is -0.168 e. The van der Waals surface area contributed by atoms with Crippen LogP contribution in [0.2, 0.25) is 82.1 Å². The highest BCUT2D eigenvalue weighted by Gasteiger charge is 2.34. The van der Waals surface area contributed by atoms with Gasteiger partial charge in [-0.25, -0.2) is 0 Å². The summed E-state index contributed by atoms with van der Waals surface area (Å²) in [6.07, 6.45) is 0. The highest BCUT2D eigenvalue weighted by Crippen LogP contribution is 2.35. The van der Waals surface area contributed by atoms with Crippen LogP contribution in [0.4, 0.5) is 0 Å².